The molecule has 84 valence electrons. The van der Waals surface area contributed by atoms with Crippen LogP contribution < -0.4 is 5.32 Å². The van der Waals surface area contributed by atoms with E-state index >= 15 is 0 Å². The van der Waals surface area contributed by atoms with Crippen LogP contribution in [0.25, 0.3) is 0 Å². The standard InChI is InChI=1S/C13H20ClN/c1-13(2)7-6-12(15-13)9-10-4-3-5-11(14)8-10/h5,8,12,15H,3-4,6-7,9H2,1-2H3. The number of rotatable bonds is 2. The molecular formula is C13H20ClN. The second-order valence-corrected chi connectivity index (χ2v) is 5.83. The Morgan fingerprint density at radius 1 is 1.53 bits per heavy atom. The summed E-state index contributed by atoms with van der Waals surface area (Å²) in [6, 6.07) is 0.661. The van der Waals surface area contributed by atoms with Gasteiger partial charge in [-0.15, -0.1) is 0 Å². The van der Waals surface area contributed by atoms with Crippen molar-refractivity contribution in [3.63, 3.8) is 0 Å². The lowest BCUT2D eigenvalue weighted by molar-refractivity contribution is 0.425. The molecule has 2 rings (SSSR count). The van der Waals surface area contributed by atoms with Gasteiger partial charge in [0.05, 0.1) is 0 Å². The second kappa shape index (κ2) is 4.31. The van der Waals surface area contributed by atoms with Crippen molar-refractivity contribution in [2.75, 3.05) is 0 Å². The van der Waals surface area contributed by atoms with E-state index in [9.17, 15) is 0 Å². The van der Waals surface area contributed by atoms with Crippen molar-refractivity contribution in [2.45, 2.75) is 57.5 Å². The van der Waals surface area contributed by atoms with Crippen molar-refractivity contribution in [3.8, 4) is 0 Å². The van der Waals surface area contributed by atoms with Crippen LogP contribution in [-0.4, -0.2) is 11.6 Å². The minimum atomic E-state index is 0.333. The molecule has 1 atom stereocenters. The fraction of sp³-hybridized carbons (Fsp3) is 0.692. The van der Waals surface area contributed by atoms with Crippen LogP contribution in [0.15, 0.2) is 22.8 Å². The maximum atomic E-state index is 6.02. The van der Waals surface area contributed by atoms with E-state index in [-0.39, 0.29) is 0 Å². The molecule has 0 spiro atoms. The number of hydrogen-bond acceptors (Lipinski definition) is 1. The molecule has 1 saturated heterocycles. The molecule has 0 amide bonds. The summed E-state index contributed by atoms with van der Waals surface area (Å²) in [4.78, 5) is 0. The first-order valence-electron chi connectivity index (χ1n) is 5.88. The molecule has 1 nitrogen and oxygen atoms in total. The second-order valence-electron chi connectivity index (χ2n) is 5.40. The molecule has 1 heterocycles. The first kappa shape index (κ1) is 11.2. The van der Waals surface area contributed by atoms with Gasteiger partial charge in [-0.25, -0.2) is 0 Å². The Kier molecular flexibility index (Phi) is 3.22. The SMILES string of the molecule is CC1(C)CCC(CC2=CC(Cl)=CCC2)N1. The van der Waals surface area contributed by atoms with Gasteiger partial charge in [0.2, 0.25) is 0 Å². The fourth-order valence-electron chi connectivity index (χ4n) is 2.58. The smallest absolute Gasteiger partial charge is 0.0365 e. The predicted molar refractivity (Wildman–Crippen MR) is 66.1 cm³/mol. The van der Waals surface area contributed by atoms with Crippen molar-refractivity contribution in [3.05, 3.63) is 22.8 Å². The summed E-state index contributed by atoms with van der Waals surface area (Å²) >= 11 is 6.02. The van der Waals surface area contributed by atoms with Crippen molar-refractivity contribution >= 4 is 11.6 Å². The molecule has 1 N–H and O–H groups in total. The Bertz CT molecular complexity index is 302. The zero-order valence-corrected chi connectivity index (χ0v) is 10.4. The fourth-order valence-corrected chi connectivity index (χ4v) is 2.85. The van der Waals surface area contributed by atoms with Crippen LogP contribution in [0.3, 0.4) is 0 Å². The van der Waals surface area contributed by atoms with E-state index in [0.717, 1.165) is 11.5 Å². The summed E-state index contributed by atoms with van der Waals surface area (Å²) in [6.45, 7) is 4.57. The highest BCUT2D eigenvalue weighted by molar-refractivity contribution is 6.31. The van der Waals surface area contributed by atoms with E-state index in [1.54, 1.807) is 0 Å². The third-order valence-corrected chi connectivity index (χ3v) is 3.63. The Morgan fingerprint density at radius 3 is 2.93 bits per heavy atom. The maximum Gasteiger partial charge on any atom is 0.0365 e. The normalized spacial score (nSPS) is 29.9. The summed E-state index contributed by atoms with van der Waals surface area (Å²) in [7, 11) is 0. The van der Waals surface area contributed by atoms with Crippen LogP contribution in [-0.2, 0) is 0 Å². The molecule has 15 heavy (non-hydrogen) atoms. The molecule has 0 bridgehead atoms. The van der Waals surface area contributed by atoms with Gasteiger partial charge in [-0.3, -0.25) is 0 Å². The van der Waals surface area contributed by atoms with Gasteiger partial charge in [0.15, 0.2) is 0 Å². The predicted octanol–water partition coefficient (Wildman–Crippen LogP) is 3.75. The Balaban J connectivity index is 1.91. The van der Waals surface area contributed by atoms with E-state index in [2.05, 4.69) is 31.3 Å². The van der Waals surface area contributed by atoms with Crippen LogP contribution in [0.2, 0.25) is 0 Å². The monoisotopic (exact) mass is 225 g/mol. The first-order valence-corrected chi connectivity index (χ1v) is 6.26. The largest absolute Gasteiger partial charge is 0.309 e. The lowest BCUT2D eigenvalue weighted by Crippen LogP contribution is -2.37. The minimum absolute atomic E-state index is 0.333. The number of halogens is 1. The highest BCUT2D eigenvalue weighted by atomic mass is 35.5. The molecular weight excluding hydrogens is 206 g/mol. The Morgan fingerprint density at radius 2 is 2.33 bits per heavy atom. The van der Waals surface area contributed by atoms with Gasteiger partial charge >= 0.3 is 0 Å². The lowest BCUT2D eigenvalue weighted by atomic mass is 9.97. The van der Waals surface area contributed by atoms with Gasteiger partial charge in [-0.2, -0.15) is 0 Å². The lowest BCUT2D eigenvalue weighted by Gasteiger charge is -2.21. The molecule has 1 aliphatic heterocycles. The Hall–Kier alpha value is -0.270. The van der Waals surface area contributed by atoms with Crippen molar-refractivity contribution < 1.29 is 0 Å². The number of hydrogen-bond donors (Lipinski definition) is 1. The highest BCUT2D eigenvalue weighted by Gasteiger charge is 2.29. The van der Waals surface area contributed by atoms with Crippen molar-refractivity contribution in [1.82, 2.24) is 5.32 Å². The van der Waals surface area contributed by atoms with Gasteiger partial charge in [0.1, 0.15) is 0 Å². The highest BCUT2D eigenvalue weighted by Crippen LogP contribution is 2.29. The summed E-state index contributed by atoms with van der Waals surface area (Å²) in [6.07, 6.45) is 10.3. The van der Waals surface area contributed by atoms with Gasteiger partial charge in [0.25, 0.3) is 0 Å². The average molecular weight is 226 g/mol. The molecule has 0 aromatic rings. The molecule has 2 heteroatoms. The quantitative estimate of drug-likeness (QED) is 0.755. The van der Waals surface area contributed by atoms with Crippen molar-refractivity contribution in [2.24, 2.45) is 0 Å². The van der Waals surface area contributed by atoms with Crippen LogP contribution in [0.4, 0.5) is 0 Å². The number of nitrogens with one attached hydrogen (secondary N) is 1. The average Bonchev–Trinajstić information content (AvgIpc) is 2.45. The Labute approximate surface area is 97.6 Å². The molecule has 0 saturated carbocycles. The molecule has 0 aromatic heterocycles. The molecule has 1 fully saturated rings. The summed E-state index contributed by atoms with van der Waals surface area (Å²) in [5.41, 5.74) is 1.84. The summed E-state index contributed by atoms with van der Waals surface area (Å²) in [5.74, 6) is 0. The minimum Gasteiger partial charge on any atom is -0.309 e. The molecule has 0 aromatic carbocycles. The maximum absolute atomic E-state index is 6.02. The molecule has 1 unspecified atom stereocenters. The number of allylic oxidation sites excluding steroid dienone is 3. The first-order chi connectivity index (χ1) is 7.05. The molecule has 2 aliphatic rings. The molecule has 1 aliphatic carbocycles. The zero-order valence-electron chi connectivity index (χ0n) is 9.65. The third-order valence-electron chi connectivity index (χ3n) is 3.37. The van der Waals surface area contributed by atoms with Crippen molar-refractivity contribution in [1.29, 1.82) is 0 Å². The summed E-state index contributed by atoms with van der Waals surface area (Å²) < 4.78 is 0. The summed E-state index contributed by atoms with van der Waals surface area (Å²) in [5, 5.41) is 4.61. The molecule has 0 radical (unpaired) electrons. The van der Waals surface area contributed by atoms with E-state index in [4.69, 9.17) is 11.6 Å². The van der Waals surface area contributed by atoms with Gasteiger partial charge < -0.3 is 5.32 Å². The van der Waals surface area contributed by atoms with E-state index in [1.165, 1.54) is 31.3 Å². The van der Waals surface area contributed by atoms with E-state index in [0.29, 0.717) is 11.6 Å². The van der Waals surface area contributed by atoms with E-state index in [1.807, 2.05) is 0 Å². The topological polar surface area (TPSA) is 12.0 Å². The van der Waals surface area contributed by atoms with Crippen LogP contribution in [0.1, 0.15) is 46.0 Å². The van der Waals surface area contributed by atoms with Crippen LogP contribution in [0, 0.1) is 0 Å². The van der Waals surface area contributed by atoms with Gasteiger partial charge in [-0.1, -0.05) is 23.3 Å². The van der Waals surface area contributed by atoms with E-state index < -0.39 is 0 Å². The van der Waals surface area contributed by atoms with Gasteiger partial charge in [-0.05, 0) is 52.0 Å². The third kappa shape index (κ3) is 3.09. The van der Waals surface area contributed by atoms with Crippen LogP contribution in [0.5, 0.6) is 0 Å². The van der Waals surface area contributed by atoms with Crippen LogP contribution >= 0.6 is 11.6 Å². The van der Waals surface area contributed by atoms with Gasteiger partial charge in [0, 0.05) is 16.6 Å². The zero-order chi connectivity index (χ0) is 10.9.